The number of hydrogen-bond acceptors (Lipinski definition) is 5. The number of rotatable bonds is 1. The van der Waals surface area contributed by atoms with Gasteiger partial charge in [-0.25, -0.2) is 0 Å². The second-order valence-corrected chi connectivity index (χ2v) is 4.70. The minimum absolute atomic E-state index is 0.434. The van der Waals surface area contributed by atoms with Crippen LogP contribution in [-0.2, 0) is 0 Å². The third-order valence-electron chi connectivity index (χ3n) is 1.14. The minimum Gasteiger partial charge on any atom is -0.142 e. The van der Waals surface area contributed by atoms with Gasteiger partial charge in [0, 0.05) is 5.38 Å². The van der Waals surface area contributed by atoms with E-state index in [-0.39, 0.29) is 0 Å². The Bertz CT molecular complexity index is 231. The number of hydrogen-bond donors (Lipinski definition) is 0. The topological polar surface area (TPSA) is 25.8 Å². The van der Waals surface area contributed by atoms with E-state index in [9.17, 15) is 0 Å². The van der Waals surface area contributed by atoms with E-state index >= 15 is 0 Å². The highest BCUT2D eigenvalue weighted by atomic mass is 33.1. The van der Waals surface area contributed by atoms with E-state index < -0.39 is 0 Å². The average molecular weight is 188 g/mol. The van der Waals surface area contributed by atoms with Gasteiger partial charge >= 0.3 is 0 Å². The molecule has 5 heteroatoms. The molecule has 0 amide bonds. The summed E-state index contributed by atoms with van der Waals surface area (Å²) in [6.07, 6.45) is 2.14. The molecular formula is C5H4N2S3. The molecule has 0 aliphatic carbocycles. The minimum atomic E-state index is 0.434. The van der Waals surface area contributed by atoms with Crippen LogP contribution in [0.3, 0.4) is 0 Å². The van der Waals surface area contributed by atoms with Crippen molar-refractivity contribution >= 4 is 33.1 Å². The van der Waals surface area contributed by atoms with Gasteiger partial charge in [-0.15, -0.1) is 5.10 Å². The molecule has 1 aromatic rings. The first-order chi connectivity index (χ1) is 4.97. The van der Waals surface area contributed by atoms with Gasteiger partial charge in [0.05, 0.1) is 10.9 Å². The summed E-state index contributed by atoms with van der Waals surface area (Å²) in [4.78, 5) is 0. The Hall–Kier alpha value is 0. The molecule has 0 spiro atoms. The lowest BCUT2D eigenvalue weighted by Crippen LogP contribution is -1.84. The molecule has 1 aliphatic rings. The second-order valence-electron chi connectivity index (χ2n) is 1.77. The van der Waals surface area contributed by atoms with Crippen molar-refractivity contribution in [3.05, 3.63) is 22.6 Å². The Morgan fingerprint density at radius 3 is 3.10 bits per heavy atom. The highest BCUT2D eigenvalue weighted by Crippen LogP contribution is 2.44. The fourth-order valence-corrected chi connectivity index (χ4v) is 3.34. The van der Waals surface area contributed by atoms with Gasteiger partial charge < -0.3 is 0 Å². The zero-order valence-corrected chi connectivity index (χ0v) is 7.38. The van der Waals surface area contributed by atoms with Crippen LogP contribution in [0.25, 0.3) is 0 Å². The highest BCUT2D eigenvalue weighted by molar-refractivity contribution is 8.78. The van der Waals surface area contributed by atoms with E-state index in [4.69, 9.17) is 0 Å². The molecule has 2 heterocycles. The van der Waals surface area contributed by atoms with E-state index in [1.54, 1.807) is 10.8 Å². The molecule has 52 valence electrons. The van der Waals surface area contributed by atoms with E-state index in [1.165, 1.54) is 11.5 Å². The molecular weight excluding hydrogens is 184 g/mol. The Morgan fingerprint density at radius 2 is 2.50 bits per heavy atom. The third-order valence-corrected chi connectivity index (χ3v) is 3.93. The van der Waals surface area contributed by atoms with E-state index in [0.29, 0.717) is 5.25 Å². The molecule has 0 radical (unpaired) electrons. The van der Waals surface area contributed by atoms with Crippen LogP contribution in [0.15, 0.2) is 16.9 Å². The van der Waals surface area contributed by atoms with Crippen molar-refractivity contribution in [3.63, 3.8) is 0 Å². The van der Waals surface area contributed by atoms with Crippen molar-refractivity contribution in [2.75, 3.05) is 0 Å². The maximum atomic E-state index is 3.98. The lowest BCUT2D eigenvalue weighted by Gasteiger charge is -1.97. The largest absolute Gasteiger partial charge is 0.142 e. The van der Waals surface area contributed by atoms with Crippen molar-refractivity contribution in [1.82, 2.24) is 9.59 Å². The predicted molar refractivity (Wildman–Crippen MR) is 47.0 cm³/mol. The summed E-state index contributed by atoms with van der Waals surface area (Å²) in [6, 6.07) is 0. The summed E-state index contributed by atoms with van der Waals surface area (Å²) in [7, 11) is 3.56. The Balaban J connectivity index is 2.20. The molecule has 0 saturated carbocycles. The van der Waals surface area contributed by atoms with Gasteiger partial charge in [-0.1, -0.05) is 32.2 Å². The van der Waals surface area contributed by atoms with Crippen LogP contribution in [0.5, 0.6) is 0 Å². The molecule has 1 atom stereocenters. The first-order valence-electron chi connectivity index (χ1n) is 2.72. The van der Waals surface area contributed by atoms with E-state index in [0.717, 1.165) is 5.69 Å². The third kappa shape index (κ3) is 1.21. The summed E-state index contributed by atoms with van der Waals surface area (Å²) in [5.41, 5.74) is 1.08. The second kappa shape index (κ2) is 2.94. The van der Waals surface area contributed by atoms with Crippen LogP contribution in [0.2, 0.25) is 0 Å². The fourth-order valence-electron chi connectivity index (χ4n) is 0.671. The standard InChI is InChI=1S/C5H4N2S3/c1-2-9-10-5(1)4-3-8-7-6-4/h1-3,5H. The maximum Gasteiger partial charge on any atom is 0.0932 e. The van der Waals surface area contributed by atoms with Crippen LogP contribution < -0.4 is 0 Å². The number of nitrogens with zero attached hydrogens (tertiary/aromatic N) is 2. The van der Waals surface area contributed by atoms with Crippen molar-refractivity contribution in [2.24, 2.45) is 0 Å². The molecule has 0 N–H and O–H groups in total. The van der Waals surface area contributed by atoms with Crippen molar-refractivity contribution in [3.8, 4) is 0 Å². The van der Waals surface area contributed by atoms with Gasteiger partial charge in [0.2, 0.25) is 0 Å². The monoisotopic (exact) mass is 188 g/mol. The molecule has 0 bridgehead atoms. The maximum absolute atomic E-state index is 3.98. The van der Waals surface area contributed by atoms with Gasteiger partial charge in [-0.3, -0.25) is 0 Å². The van der Waals surface area contributed by atoms with Gasteiger partial charge in [0.1, 0.15) is 0 Å². The van der Waals surface area contributed by atoms with Gasteiger partial charge in [0.25, 0.3) is 0 Å². The lowest BCUT2D eigenvalue weighted by atomic mass is 10.3. The van der Waals surface area contributed by atoms with Crippen LogP contribution in [0.1, 0.15) is 10.9 Å². The quantitative estimate of drug-likeness (QED) is 0.632. The van der Waals surface area contributed by atoms with Crippen molar-refractivity contribution in [1.29, 1.82) is 0 Å². The van der Waals surface area contributed by atoms with Gasteiger partial charge in [-0.05, 0) is 16.9 Å². The molecule has 0 saturated heterocycles. The summed E-state index contributed by atoms with van der Waals surface area (Å²) < 4.78 is 3.80. The molecule has 10 heavy (non-hydrogen) atoms. The predicted octanol–water partition coefficient (Wildman–Crippen LogP) is 2.49. The van der Waals surface area contributed by atoms with E-state index in [1.807, 2.05) is 16.2 Å². The molecule has 1 unspecified atom stereocenters. The Kier molecular flexibility index (Phi) is 1.97. The Labute approximate surface area is 70.7 Å². The van der Waals surface area contributed by atoms with Crippen LogP contribution in [0.4, 0.5) is 0 Å². The molecule has 2 nitrogen and oxygen atoms in total. The first-order valence-corrected chi connectivity index (χ1v) is 5.84. The summed E-state index contributed by atoms with van der Waals surface area (Å²) >= 11 is 1.41. The fraction of sp³-hybridized carbons (Fsp3) is 0.200. The zero-order chi connectivity index (χ0) is 6.81. The molecule has 2 rings (SSSR count). The van der Waals surface area contributed by atoms with Gasteiger partial charge in [0.15, 0.2) is 0 Å². The molecule has 1 aliphatic heterocycles. The molecule has 0 aromatic carbocycles. The molecule has 1 aromatic heterocycles. The summed E-state index contributed by atoms with van der Waals surface area (Å²) in [6.45, 7) is 0. The van der Waals surface area contributed by atoms with Crippen LogP contribution >= 0.6 is 33.1 Å². The van der Waals surface area contributed by atoms with Gasteiger partial charge in [-0.2, -0.15) is 0 Å². The SMILES string of the molecule is C1=CC(c2csnn2)SS1. The lowest BCUT2D eigenvalue weighted by molar-refractivity contribution is 1.03. The molecule has 0 fully saturated rings. The highest BCUT2D eigenvalue weighted by Gasteiger charge is 2.14. The Morgan fingerprint density at radius 1 is 1.50 bits per heavy atom. The van der Waals surface area contributed by atoms with E-state index in [2.05, 4.69) is 21.1 Å². The smallest absolute Gasteiger partial charge is 0.0932 e. The number of aromatic nitrogens is 2. The summed E-state index contributed by atoms with van der Waals surface area (Å²) in [5, 5.41) is 8.50. The normalized spacial score (nSPS) is 23.8. The average Bonchev–Trinajstić information content (AvgIpc) is 2.59. The van der Waals surface area contributed by atoms with Crippen LogP contribution in [-0.4, -0.2) is 9.59 Å². The van der Waals surface area contributed by atoms with Crippen molar-refractivity contribution in [2.45, 2.75) is 5.25 Å². The summed E-state index contributed by atoms with van der Waals surface area (Å²) in [5.74, 6) is 0. The zero-order valence-electron chi connectivity index (χ0n) is 4.93. The van der Waals surface area contributed by atoms with Crippen LogP contribution in [0, 0.1) is 0 Å². The van der Waals surface area contributed by atoms with Crippen molar-refractivity contribution < 1.29 is 0 Å². The first kappa shape index (κ1) is 6.69.